The molecule has 0 fully saturated rings. The Balaban J connectivity index is 1.75. The van der Waals surface area contributed by atoms with Gasteiger partial charge in [-0.2, -0.15) is 0 Å². The second-order valence-corrected chi connectivity index (χ2v) is 6.92. The molecule has 0 saturated heterocycles. The van der Waals surface area contributed by atoms with Crippen molar-refractivity contribution < 1.29 is 14.0 Å². The molecule has 0 aliphatic carbocycles. The highest BCUT2D eigenvalue weighted by Crippen LogP contribution is 2.19. The van der Waals surface area contributed by atoms with Crippen LogP contribution < -0.4 is 10.6 Å². The minimum atomic E-state index is -0.597. The monoisotopic (exact) mass is 442 g/mol. The largest absolute Gasteiger partial charge is 0.324 e. The van der Waals surface area contributed by atoms with Crippen molar-refractivity contribution in [3.8, 4) is 0 Å². The summed E-state index contributed by atoms with van der Waals surface area (Å²) in [4.78, 5) is 29.6. The number of nitrogens with zero attached hydrogens (tertiary/aromatic N) is 2. The first-order chi connectivity index (χ1) is 12.3. The van der Waals surface area contributed by atoms with Gasteiger partial charge in [-0.05, 0) is 53.3 Å². The lowest BCUT2D eigenvalue weighted by Gasteiger charge is -2.16. The lowest BCUT2D eigenvalue weighted by atomic mass is 10.3. The summed E-state index contributed by atoms with van der Waals surface area (Å²) >= 11 is 8.93. The molecule has 1 heterocycles. The number of carbonyl (C=O) groups excluding carboxylic acids is 2. The Morgan fingerprint density at radius 3 is 2.65 bits per heavy atom. The van der Waals surface area contributed by atoms with E-state index in [1.807, 2.05) is 0 Å². The van der Waals surface area contributed by atoms with Crippen LogP contribution in [0.1, 0.15) is 6.42 Å². The van der Waals surface area contributed by atoms with E-state index >= 15 is 0 Å². The van der Waals surface area contributed by atoms with Crippen LogP contribution in [-0.4, -0.2) is 41.8 Å². The zero-order valence-corrected chi connectivity index (χ0v) is 16.3. The molecular weight excluding hydrogens is 427 g/mol. The van der Waals surface area contributed by atoms with Crippen molar-refractivity contribution in [2.24, 2.45) is 0 Å². The van der Waals surface area contributed by atoms with Crippen LogP contribution in [0, 0.1) is 5.82 Å². The summed E-state index contributed by atoms with van der Waals surface area (Å²) in [6.45, 7) is 0.433. The van der Waals surface area contributed by atoms with E-state index in [9.17, 15) is 14.0 Å². The number of hydrogen-bond donors (Lipinski definition) is 2. The average Bonchev–Trinajstić information content (AvgIpc) is 2.57. The van der Waals surface area contributed by atoms with Gasteiger partial charge in [0.05, 0.1) is 12.2 Å². The van der Waals surface area contributed by atoms with Crippen molar-refractivity contribution in [1.29, 1.82) is 0 Å². The number of likely N-dealkylation sites (N-methyl/N-ethyl adjacent to an activating group) is 1. The number of hydrogen-bond acceptors (Lipinski definition) is 4. The SMILES string of the molecule is CN(CCC(=O)Nc1ccc(Cl)cc1F)CC(=O)Nc1ccc(Br)cn1. The van der Waals surface area contributed by atoms with E-state index in [0.29, 0.717) is 12.4 Å². The maximum atomic E-state index is 13.6. The van der Waals surface area contributed by atoms with Crippen molar-refractivity contribution in [3.05, 3.63) is 51.8 Å². The predicted octanol–water partition coefficient (Wildman–Crippen LogP) is 3.54. The molecule has 1 aromatic heterocycles. The molecule has 0 aliphatic heterocycles. The van der Waals surface area contributed by atoms with Gasteiger partial charge in [-0.1, -0.05) is 11.6 Å². The lowest BCUT2D eigenvalue weighted by molar-refractivity contribution is -0.119. The van der Waals surface area contributed by atoms with E-state index in [4.69, 9.17) is 11.6 Å². The Hall–Kier alpha value is -2.03. The van der Waals surface area contributed by atoms with Crippen LogP contribution in [0.3, 0.4) is 0 Å². The van der Waals surface area contributed by atoms with Crippen LogP contribution in [0.25, 0.3) is 0 Å². The average molecular weight is 444 g/mol. The minimum absolute atomic E-state index is 0.0705. The third kappa shape index (κ3) is 6.70. The maximum Gasteiger partial charge on any atom is 0.239 e. The molecule has 0 aliphatic rings. The van der Waals surface area contributed by atoms with Crippen molar-refractivity contribution in [1.82, 2.24) is 9.88 Å². The summed E-state index contributed by atoms with van der Waals surface area (Å²) in [5, 5.41) is 5.40. The van der Waals surface area contributed by atoms with E-state index in [2.05, 4.69) is 31.5 Å². The minimum Gasteiger partial charge on any atom is -0.324 e. The standard InChI is InChI=1S/C17H17BrClFN4O2/c1-24(10-17(26)23-15-5-2-11(18)9-21-15)7-6-16(25)22-14-4-3-12(19)8-13(14)20/h2-5,8-9H,6-7,10H2,1H3,(H,22,25)(H,21,23,26). The van der Waals surface area contributed by atoms with Crippen LogP contribution in [0.5, 0.6) is 0 Å². The van der Waals surface area contributed by atoms with Crippen LogP contribution in [0.2, 0.25) is 5.02 Å². The van der Waals surface area contributed by atoms with Gasteiger partial charge in [0, 0.05) is 28.7 Å². The molecule has 0 bridgehead atoms. The zero-order chi connectivity index (χ0) is 19.1. The third-order valence-electron chi connectivity index (χ3n) is 3.33. The second-order valence-electron chi connectivity index (χ2n) is 5.57. The molecule has 0 atom stereocenters. The molecule has 26 heavy (non-hydrogen) atoms. The van der Waals surface area contributed by atoms with Gasteiger partial charge in [0.15, 0.2) is 0 Å². The fourth-order valence-corrected chi connectivity index (χ4v) is 2.45. The first-order valence-electron chi connectivity index (χ1n) is 7.68. The van der Waals surface area contributed by atoms with Crippen LogP contribution in [-0.2, 0) is 9.59 Å². The molecule has 6 nitrogen and oxygen atoms in total. The molecule has 138 valence electrons. The van der Waals surface area contributed by atoms with E-state index < -0.39 is 5.82 Å². The van der Waals surface area contributed by atoms with Crippen LogP contribution in [0.4, 0.5) is 15.9 Å². The van der Waals surface area contributed by atoms with Crippen molar-refractivity contribution in [2.45, 2.75) is 6.42 Å². The van der Waals surface area contributed by atoms with Gasteiger partial charge in [0.2, 0.25) is 11.8 Å². The number of pyridine rings is 1. The summed E-state index contributed by atoms with van der Waals surface area (Å²) in [5.74, 6) is -0.748. The fraction of sp³-hybridized carbons (Fsp3) is 0.235. The highest BCUT2D eigenvalue weighted by Gasteiger charge is 2.11. The molecule has 9 heteroatoms. The van der Waals surface area contributed by atoms with Gasteiger partial charge in [0.25, 0.3) is 0 Å². The molecule has 0 unspecified atom stereocenters. The van der Waals surface area contributed by atoms with Crippen LogP contribution in [0.15, 0.2) is 41.0 Å². The molecule has 2 N–H and O–H groups in total. The summed E-state index contributed by atoms with van der Waals surface area (Å²) in [6, 6.07) is 7.47. The smallest absolute Gasteiger partial charge is 0.239 e. The van der Waals surface area contributed by atoms with Gasteiger partial charge >= 0.3 is 0 Å². The summed E-state index contributed by atoms with van der Waals surface area (Å²) in [6.07, 6.45) is 1.70. The molecule has 2 amide bonds. The topological polar surface area (TPSA) is 74.3 Å². The Morgan fingerprint density at radius 2 is 2.00 bits per heavy atom. The summed E-state index contributed by atoms with van der Waals surface area (Å²) in [5.41, 5.74) is 0.0705. The zero-order valence-electron chi connectivity index (χ0n) is 13.9. The Bertz CT molecular complexity index is 789. The molecule has 1 aromatic carbocycles. The predicted molar refractivity (Wildman–Crippen MR) is 103 cm³/mol. The van der Waals surface area contributed by atoms with Crippen molar-refractivity contribution in [2.75, 3.05) is 30.8 Å². The lowest BCUT2D eigenvalue weighted by Crippen LogP contribution is -2.32. The quantitative estimate of drug-likeness (QED) is 0.686. The van der Waals surface area contributed by atoms with E-state index in [1.54, 1.807) is 30.3 Å². The number of anilines is 2. The van der Waals surface area contributed by atoms with Crippen molar-refractivity contribution in [3.63, 3.8) is 0 Å². The molecule has 2 rings (SSSR count). The van der Waals surface area contributed by atoms with Gasteiger partial charge in [-0.3, -0.25) is 14.5 Å². The number of rotatable bonds is 7. The fourth-order valence-electron chi connectivity index (χ4n) is 2.05. The molecule has 0 saturated carbocycles. The number of carbonyl (C=O) groups is 2. The highest BCUT2D eigenvalue weighted by molar-refractivity contribution is 9.10. The van der Waals surface area contributed by atoms with Gasteiger partial charge < -0.3 is 10.6 Å². The number of benzene rings is 1. The highest BCUT2D eigenvalue weighted by atomic mass is 79.9. The Labute approximate surface area is 163 Å². The van der Waals surface area contributed by atoms with Crippen LogP contribution >= 0.6 is 27.5 Å². The summed E-state index contributed by atoms with van der Waals surface area (Å²) < 4.78 is 14.5. The Morgan fingerprint density at radius 1 is 1.23 bits per heavy atom. The van der Waals surface area contributed by atoms with Crippen molar-refractivity contribution >= 4 is 50.9 Å². The first-order valence-corrected chi connectivity index (χ1v) is 8.85. The van der Waals surface area contributed by atoms with E-state index in [-0.39, 0.29) is 35.5 Å². The van der Waals surface area contributed by atoms with E-state index in [1.165, 1.54) is 12.1 Å². The van der Waals surface area contributed by atoms with Gasteiger partial charge in [-0.15, -0.1) is 0 Å². The normalized spacial score (nSPS) is 10.7. The first kappa shape index (κ1) is 20.3. The number of halogens is 3. The van der Waals surface area contributed by atoms with E-state index in [0.717, 1.165) is 10.5 Å². The molecular formula is C17H17BrClFN4O2. The molecule has 2 aromatic rings. The number of aromatic nitrogens is 1. The third-order valence-corrected chi connectivity index (χ3v) is 4.04. The maximum absolute atomic E-state index is 13.6. The Kier molecular flexibility index (Phi) is 7.50. The number of amides is 2. The summed E-state index contributed by atoms with van der Waals surface area (Å²) in [7, 11) is 1.71. The second kappa shape index (κ2) is 9.61. The molecule has 0 spiro atoms. The molecule has 0 radical (unpaired) electrons. The van der Waals surface area contributed by atoms with Gasteiger partial charge in [-0.25, -0.2) is 9.37 Å². The van der Waals surface area contributed by atoms with Gasteiger partial charge in [0.1, 0.15) is 11.6 Å². The number of nitrogens with one attached hydrogen (secondary N) is 2.